The highest BCUT2D eigenvalue weighted by Gasteiger charge is 2.11. The third-order valence-electron chi connectivity index (χ3n) is 2.94. The van der Waals surface area contributed by atoms with Gasteiger partial charge in [-0.2, -0.15) is 0 Å². The van der Waals surface area contributed by atoms with Crippen LogP contribution in [0.5, 0.6) is 0 Å². The van der Waals surface area contributed by atoms with Gasteiger partial charge in [-0.05, 0) is 24.1 Å². The second kappa shape index (κ2) is 9.32. The highest BCUT2D eigenvalue weighted by Crippen LogP contribution is 2.17. The summed E-state index contributed by atoms with van der Waals surface area (Å²) in [6.07, 6.45) is -9.29. The lowest BCUT2D eigenvalue weighted by atomic mass is 10.2. The van der Waals surface area contributed by atoms with Gasteiger partial charge in [0.25, 0.3) is 0 Å². The van der Waals surface area contributed by atoms with E-state index in [2.05, 4.69) is 5.32 Å². The molecule has 6 nitrogen and oxygen atoms in total. The average Bonchev–Trinajstić information content (AvgIpc) is 2.73. The number of nitrogen functional groups attached to an aromatic ring is 1. The quantitative estimate of drug-likeness (QED) is 0.751. The van der Waals surface area contributed by atoms with Crippen LogP contribution in [0.15, 0.2) is 54.6 Å². The maximum absolute atomic E-state index is 12.6. The Bertz CT molecular complexity index is 1030. The van der Waals surface area contributed by atoms with Gasteiger partial charge in [-0.3, -0.25) is 4.79 Å². The zero-order valence-electron chi connectivity index (χ0n) is 22.2. The van der Waals surface area contributed by atoms with Crippen molar-refractivity contribution < 1.29 is 26.7 Å². The van der Waals surface area contributed by atoms with Crippen LogP contribution in [0.2, 0.25) is 0 Å². The molecular weight excluding hydrogens is 318 g/mol. The van der Waals surface area contributed by atoms with Gasteiger partial charge in [0.1, 0.15) is 6.61 Å². The van der Waals surface area contributed by atoms with Gasteiger partial charge in [0.15, 0.2) is 0 Å². The number of carbonyl (C=O) groups excluding carboxylic acids is 2. The molecule has 0 saturated heterocycles. The van der Waals surface area contributed by atoms with E-state index < -0.39 is 49.7 Å². The number of nitrogens with one attached hydrogen (secondary N) is 1. The predicted molar refractivity (Wildman–Crippen MR) is 98.0 cm³/mol. The molecule has 0 radical (unpaired) electrons. The maximum atomic E-state index is 12.6. The van der Waals surface area contributed by atoms with E-state index in [-0.39, 0.29) is 11.4 Å². The van der Waals surface area contributed by atoms with Crippen molar-refractivity contribution in [3.8, 4) is 0 Å². The molecule has 0 aliphatic heterocycles. The molecule has 0 aliphatic rings. The molecule has 0 fully saturated rings. The van der Waals surface area contributed by atoms with E-state index in [1.807, 2.05) is 0 Å². The molecule has 0 saturated carbocycles. The van der Waals surface area contributed by atoms with E-state index in [9.17, 15) is 9.59 Å². The van der Waals surface area contributed by atoms with Crippen molar-refractivity contribution in [2.75, 3.05) is 24.5 Å². The number of anilines is 2. The summed E-state index contributed by atoms with van der Waals surface area (Å²) in [5.74, 6) is -1.64. The number of ether oxygens (including phenoxy) is 1. The Morgan fingerprint density at radius 1 is 1.20 bits per heavy atom. The van der Waals surface area contributed by atoms with Crippen molar-refractivity contribution >= 4 is 23.4 Å². The van der Waals surface area contributed by atoms with Gasteiger partial charge in [-0.15, -0.1) is 0 Å². The molecule has 132 valence electrons. The molecule has 0 atom stereocenters. The number of amides is 2. The third-order valence-corrected chi connectivity index (χ3v) is 2.94. The van der Waals surface area contributed by atoms with Crippen LogP contribution in [0.3, 0.4) is 0 Å². The fraction of sp³-hybridized carbons (Fsp3) is 0.263. The Kier molecular flexibility index (Phi) is 3.53. The van der Waals surface area contributed by atoms with Gasteiger partial charge in [0.05, 0.1) is 11.4 Å². The van der Waals surface area contributed by atoms with Crippen molar-refractivity contribution in [3.05, 3.63) is 60.2 Å². The molecule has 0 bridgehead atoms. The van der Waals surface area contributed by atoms with E-state index in [0.29, 0.717) is 5.56 Å². The smallest absolute Gasteiger partial charge is 0.409 e. The highest BCUT2D eigenvalue weighted by atomic mass is 16.6. The number of nitrogens with two attached hydrogens (primary N) is 1. The number of rotatable bonds is 7. The summed E-state index contributed by atoms with van der Waals surface area (Å²) in [6.45, 7) is -7.90. The molecule has 2 rings (SSSR count). The molecule has 0 aliphatic carbocycles. The largest absolute Gasteiger partial charge is 0.445 e. The fourth-order valence-electron chi connectivity index (χ4n) is 1.73. The van der Waals surface area contributed by atoms with E-state index in [0.717, 1.165) is 0 Å². The molecule has 2 aromatic rings. The minimum atomic E-state index is -3.87. The highest BCUT2D eigenvalue weighted by molar-refractivity contribution is 5.93. The van der Waals surface area contributed by atoms with Crippen molar-refractivity contribution in [1.82, 2.24) is 4.90 Å². The minimum absolute atomic E-state index is 0.0313. The lowest BCUT2D eigenvalue weighted by Gasteiger charge is -2.17. The Morgan fingerprint density at radius 2 is 1.92 bits per heavy atom. The second-order valence-electron chi connectivity index (χ2n) is 4.78. The first-order chi connectivity index (χ1) is 15.5. The first-order valence-corrected chi connectivity index (χ1v) is 7.20. The van der Waals surface area contributed by atoms with Gasteiger partial charge < -0.3 is 20.7 Å². The Hall–Kier alpha value is -3.02. The first-order valence-electron chi connectivity index (χ1n) is 11.7. The Labute approximate surface area is 160 Å². The number of benzene rings is 2. The van der Waals surface area contributed by atoms with Crippen molar-refractivity contribution in [1.29, 1.82) is 0 Å². The minimum Gasteiger partial charge on any atom is -0.445 e. The van der Waals surface area contributed by atoms with Gasteiger partial charge >= 0.3 is 6.09 Å². The van der Waals surface area contributed by atoms with Crippen LogP contribution in [0.4, 0.5) is 16.2 Å². The molecule has 2 amide bonds. The van der Waals surface area contributed by atoms with Crippen LogP contribution in [0.25, 0.3) is 0 Å². The number of nitrogens with zero attached hydrogens (tertiary/aromatic N) is 1. The van der Waals surface area contributed by atoms with Crippen LogP contribution in [-0.2, 0) is 16.1 Å². The van der Waals surface area contributed by atoms with Crippen LogP contribution in [0, 0.1) is 0 Å². The number of para-hydroxylation sites is 2. The number of hydrogen-bond donors (Lipinski definition) is 2. The fourth-order valence-corrected chi connectivity index (χ4v) is 1.73. The monoisotopic (exact) mass is 350 g/mol. The Balaban J connectivity index is 2.36. The number of carbonyl (C=O) groups is 2. The molecule has 0 unspecified atom stereocenters. The molecule has 2 aromatic carbocycles. The third kappa shape index (κ3) is 6.18. The van der Waals surface area contributed by atoms with Crippen molar-refractivity contribution in [2.45, 2.75) is 19.4 Å². The van der Waals surface area contributed by atoms with E-state index in [1.54, 1.807) is 30.3 Å². The first kappa shape index (κ1) is 9.46. The molecule has 0 spiro atoms. The van der Waals surface area contributed by atoms with Gasteiger partial charge in [-0.25, -0.2) is 4.79 Å². The lowest BCUT2D eigenvalue weighted by molar-refractivity contribution is -0.116. The predicted octanol–water partition coefficient (Wildman–Crippen LogP) is 3.26. The topological polar surface area (TPSA) is 84.7 Å². The summed E-state index contributed by atoms with van der Waals surface area (Å²) in [6, 6.07) is 13.7. The molecule has 0 heterocycles. The molecule has 3 N–H and O–H groups in total. The average molecular weight is 350 g/mol. The molecule has 0 aromatic heterocycles. The normalized spacial score (nSPS) is 17.7. The van der Waals surface area contributed by atoms with Crippen LogP contribution in [0.1, 0.15) is 30.6 Å². The second-order valence-corrected chi connectivity index (χ2v) is 4.78. The SMILES string of the molecule is [2H]C([2H])([2H])N(C(=O)OCc1ccccc1)C([2H])([2H])C([2H])([2H])C([2H])([2H])C(=O)Nc1ccccc1N. The summed E-state index contributed by atoms with van der Waals surface area (Å²) < 4.78 is 76.1. The zero-order chi connectivity index (χ0) is 25.9. The summed E-state index contributed by atoms with van der Waals surface area (Å²) in [4.78, 5) is 24.7. The van der Waals surface area contributed by atoms with Gasteiger partial charge in [-0.1, -0.05) is 42.5 Å². The van der Waals surface area contributed by atoms with E-state index in [4.69, 9.17) is 22.8 Å². The van der Waals surface area contributed by atoms with Crippen LogP contribution < -0.4 is 11.1 Å². The van der Waals surface area contributed by atoms with Crippen LogP contribution in [-0.4, -0.2) is 30.4 Å². The van der Waals surface area contributed by atoms with Crippen molar-refractivity contribution in [2.24, 2.45) is 0 Å². The van der Waals surface area contributed by atoms with Crippen LogP contribution >= 0.6 is 0 Å². The van der Waals surface area contributed by atoms with E-state index >= 15 is 0 Å². The standard InChI is InChI=1S/C19H23N3O3/c1-22(19(24)25-14-15-8-3-2-4-9-15)13-7-12-18(23)21-17-11-6-5-10-16(17)20/h2-6,8-11H,7,12-14,20H2,1H3,(H,21,23)/i1D3,7D2,12D2,13D2. The molecular formula is C19H23N3O3. The number of hydrogen-bond acceptors (Lipinski definition) is 4. The summed E-state index contributed by atoms with van der Waals surface area (Å²) in [7, 11) is 0. The molecule has 25 heavy (non-hydrogen) atoms. The van der Waals surface area contributed by atoms with Gasteiger partial charge in [0.2, 0.25) is 5.91 Å². The summed E-state index contributed by atoms with van der Waals surface area (Å²) >= 11 is 0. The van der Waals surface area contributed by atoms with Gasteiger partial charge in [0, 0.05) is 32.2 Å². The maximum Gasteiger partial charge on any atom is 0.409 e. The van der Waals surface area contributed by atoms with E-state index in [1.165, 1.54) is 24.3 Å². The summed E-state index contributed by atoms with van der Waals surface area (Å²) in [5.41, 5.74) is 6.09. The Morgan fingerprint density at radius 3 is 2.64 bits per heavy atom. The molecule has 6 heteroatoms. The van der Waals surface area contributed by atoms with Crippen molar-refractivity contribution in [3.63, 3.8) is 0 Å². The zero-order valence-corrected chi connectivity index (χ0v) is 13.2. The lowest BCUT2D eigenvalue weighted by Crippen LogP contribution is -2.29. The summed E-state index contributed by atoms with van der Waals surface area (Å²) in [5, 5.41) is 2.06.